The minimum Gasteiger partial charge on any atom is -0.464 e. The number of hydrogen-bond donors (Lipinski definition) is 0. The minimum absolute atomic E-state index is 0.672. The van der Waals surface area contributed by atoms with Gasteiger partial charge in [0.1, 0.15) is 5.58 Å². The smallest absolute Gasteiger partial charge is 0.134 e. The lowest BCUT2D eigenvalue weighted by atomic mass is 9.92. The van der Waals surface area contributed by atoms with Crippen LogP contribution in [0.4, 0.5) is 0 Å². The summed E-state index contributed by atoms with van der Waals surface area (Å²) in [6.07, 6.45) is 1.92. The second kappa shape index (κ2) is 8.63. The van der Waals surface area contributed by atoms with E-state index in [2.05, 4.69) is 66.2 Å². The predicted octanol–water partition coefficient (Wildman–Crippen LogP) is 5.69. The lowest BCUT2D eigenvalue weighted by Crippen LogP contribution is -2.43. The van der Waals surface area contributed by atoms with Crippen LogP contribution in [0.25, 0.3) is 33.2 Å². The quantitative estimate of drug-likeness (QED) is 0.424. The molecule has 1 aliphatic heterocycles. The normalized spacial score (nSPS) is 15.2. The van der Waals surface area contributed by atoms with Crippen molar-refractivity contribution >= 4 is 11.0 Å². The monoisotopic (exact) mass is 421 g/mol. The molecule has 0 unspecified atom stereocenters. The highest BCUT2D eigenvalue weighted by Crippen LogP contribution is 2.38. The van der Waals surface area contributed by atoms with Crippen LogP contribution < -0.4 is 0 Å². The number of nitrogens with zero attached hydrogens (tertiary/aromatic N) is 3. The molecule has 0 N–H and O–H groups in total. The maximum absolute atomic E-state index is 9.21. The summed E-state index contributed by atoms with van der Waals surface area (Å²) in [5, 5.41) is 10.4. The molecular weight excluding hydrogens is 394 g/mol. The first-order valence-corrected chi connectivity index (χ1v) is 11.1. The van der Waals surface area contributed by atoms with E-state index in [-0.39, 0.29) is 0 Å². The molecule has 0 bridgehead atoms. The number of piperazine rings is 1. The fourth-order valence-electron chi connectivity index (χ4n) is 4.43. The lowest BCUT2D eigenvalue weighted by molar-refractivity contribution is 0.148. The highest BCUT2D eigenvalue weighted by molar-refractivity contribution is 5.95. The van der Waals surface area contributed by atoms with E-state index in [1.54, 1.807) is 0 Å². The molecule has 32 heavy (non-hydrogen) atoms. The highest BCUT2D eigenvalue weighted by Gasteiger charge is 2.18. The average molecular weight is 422 g/mol. The van der Waals surface area contributed by atoms with Gasteiger partial charge in [-0.15, -0.1) is 0 Å². The third-order valence-electron chi connectivity index (χ3n) is 6.47. The Morgan fingerprint density at radius 2 is 1.50 bits per heavy atom. The van der Waals surface area contributed by atoms with Gasteiger partial charge in [-0.1, -0.05) is 42.0 Å². The Bertz CT molecular complexity index is 1270. The Morgan fingerprint density at radius 1 is 0.875 bits per heavy atom. The van der Waals surface area contributed by atoms with E-state index >= 15 is 0 Å². The SMILES string of the molecule is Cc1ccc(-c2cc3occ(CN4CCN(C)CC4)c3cc2-c2ccc(C#N)cc2)cc1. The van der Waals surface area contributed by atoms with Gasteiger partial charge in [-0.2, -0.15) is 5.26 Å². The fraction of sp³-hybridized carbons (Fsp3) is 0.250. The Balaban J connectivity index is 1.60. The molecular formula is C28H27N3O. The largest absolute Gasteiger partial charge is 0.464 e. The molecule has 0 radical (unpaired) electrons. The average Bonchev–Trinajstić information content (AvgIpc) is 3.22. The van der Waals surface area contributed by atoms with Crippen molar-refractivity contribution in [2.75, 3.05) is 33.2 Å². The van der Waals surface area contributed by atoms with Gasteiger partial charge in [0.15, 0.2) is 0 Å². The van der Waals surface area contributed by atoms with Crippen molar-refractivity contribution in [3.8, 4) is 28.3 Å². The zero-order valence-electron chi connectivity index (χ0n) is 18.6. The predicted molar refractivity (Wildman–Crippen MR) is 129 cm³/mol. The molecule has 5 rings (SSSR count). The Labute approximate surface area is 189 Å². The standard InChI is InChI=1S/C28H27N3O/c1-20-3-7-22(8-4-20)26-16-28-27(15-25(26)23-9-5-21(17-29)6-10-23)24(19-32-28)18-31-13-11-30(2)12-14-31/h3-10,15-16,19H,11-14,18H2,1-2H3. The second-order valence-electron chi connectivity index (χ2n) is 8.79. The summed E-state index contributed by atoms with van der Waals surface area (Å²) < 4.78 is 6.04. The van der Waals surface area contributed by atoms with Crippen molar-refractivity contribution in [3.05, 3.63) is 83.6 Å². The molecule has 2 heterocycles. The number of benzene rings is 3. The third kappa shape index (κ3) is 4.05. The van der Waals surface area contributed by atoms with E-state index in [4.69, 9.17) is 4.42 Å². The number of aryl methyl sites for hydroxylation is 1. The van der Waals surface area contributed by atoms with Crippen molar-refractivity contribution in [1.29, 1.82) is 5.26 Å². The van der Waals surface area contributed by atoms with Crippen molar-refractivity contribution in [1.82, 2.24) is 9.80 Å². The Kier molecular flexibility index (Phi) is 5.53. The summed E-state index contributed by atoms with van der Waals surface area (Å²) in [4.78, 5) is 4.88. The molecule has 4 heteroatoms. The molecule has 4 nitrogen and oxygen atoms in total. The third-order valence-corrected chi connectivity index (χ3v) is 6.47. The van der Waals surface area contributed by atoms with Gasteiger partial charge in [0, 0.05) is 43.7 Å². The van der Waals surface area contributed by atoms with Crippen LogP contribution in [0.5, 0.6) is 0 Å². The first kappa shape index (κ1) is 20.5. The summed E-state index contributed by atoms with van der Waals surface area (Å²) in [6.45, 7) is 7.36. The zero-order valence-corrected chi connectivity index (χ0v) is 18.6. The number of fused-ring (bicyclic) bond motifs is 1. The van der Waals surface area contributed by atoms with E-state index in [1.807, 2.05) is 30.5 Å². The molecule has 4 aromatic rings. The van der Waals surface area contributed by atoms with Crippen LogP contribution in [0, 0.1) is 18.3 Å². The molecule has 1 saturated heterocycles. The van der Waals surface area contributed by atoms with Gasteiger partial charge >= 0.3 is 0 Å². The van der Waals surface area contributed by atoms with Crippen LogP contribution in [0.1, 0.15) is 16.7 Å². The number of rotatable bonds is 4. The molecule has 0 atom stereocenters. The van der Waals surface area contributed by atoms with Crippen LogP contribution in [0.3, 0.4) is 0 Å². The van der Waals surface area contributed by atoms with Gasteiger partial charge in [0.05, 0.1) is 17.9 Å². The summed E-state index contributed by atoms with van der Waals surface area (Å²) in [7, 11) is 2.18. The highest BCUT2D eigenvalue weighted by atomic mass is 16.3. The summed E-state index contributed by atoms with van der Waals surface area (Å²) >= 11 is 0. The fourth-order valence-corrected chi connectivity index (χ4v) is 4.43. The van der Waals surface area contributed by atoms with E-state index < -0.39 is 0 Å². The molecule has 0 amide bonds. The van der Waals surface area contributed by atoms with Crippen LogP contribution >= 0.6 is 0 Å². The van der Waals surface area contributed by atoms with Crippen LogP contribution in [-0.4, -0.2) is 43.0 Å². The number of nitriles is 1. The zero-order chi connectivity index (χ0) is 22.1. The molecule has 1 fully saturated rings. The van der Waals surface area contributed by atoms with Gasteiger partial charge in [0.25, 0.3) is 0 Å². The van der Waals surface area contributed by atoms with Gasteiger partial charge in [-0.25, -0.2) is 0 Å². The van der Waals surface area contributed by atoms with Gasteiger partial charge in [-0.3, -0.25) is 4.90 Å². The van der Waals surface area contributed by atoms with E-state index in [0.29, 0.717) is 5.56 Å². The molecule has 0 spiro atoms. The van der Waals surface area contributed by atoms with E-state index in [1.165, 1.54) is 16.5 Å². The maximum atomic E-state index is 9.21. The number of furan rings is 1. The van der Waals surface area contributed by atoms with Crippen LogP contribution in [0.2, 0.25) is 0 Å². The molecule has 160 valence electrons. The summed E-state index contributed by atoms with van der Waals surface area (Å²) in [6, 6.07) is 23.1. The lowest BCUT2D eigenvalue weighted by Gasteiger charge is -2.32. The number of likely N-dealkylation sites (N-methyl/N-ethyl adjacent to an activating group) is 1. The van der Waals surface area contributed by atoms with Crippen molar-refractivity contribution in [3.63, 3.8) is 0 Å². The maximum Gasteiger partial charge on any atom is 0.134 e. The van der Waals surface area contributed by atoms with E-state index in [9.17, 15) is 5.26 Å². The van der Waals surface area contributed by atoms with Crippen molar-refractivity contribution in [2.45, 2.75) is 13.5 Å². The first-order chi connectivity index (χ1) is 15.6. The topological polar surface area (TPSA) is 43.4 Å². The van der Waals surface area contributed by atoms with Gasteiger partial charge < -0.3 is 9.32 Å². The second-order valence-corrected chi connectivity index (χ2v) is 8.79. The number of hydrogen-bond acceptors (Lipinski definition) is 4. The first-order valence-electron chi connectivity index (χ1n) is 11.1. The Hall–Kier alpha value is -3.39. The molecule has 0 saturated carbocycles. The van der Waals surface area contributed by atoms with Crippen molar-refractivity contribution in [2.24, 2.45) is 0 Å². The van der Waals surface area contributed by atoms with Crippen molar-refractivity contribution < 1.29 is 4.42 Å². The minimum atomic E-state index is 0.672. The van der Waals surface area contributed by atoms with E-state index in [0.717, 1.165) is 60.6 Å². The van der Waals surface area contributed by atoms with Crippen LogP contribution in [-0.2, 0) is 6.54 Å². The molecule has 3 aromatic carbocycles. The summed E-state index contributed by atoms with van der Waals surface area (Å²) in [5.74, 6) is 0. The Morgan fingerprint density at radius 3 is 2.16 bits per heavy atom. The molecule has 1 aliphatic rings. The summed E-state index contributed by atoms with van der Waals surface area (Å²) in [5.41, 5.74) is 8.63. The molecule has 1 aromatic heterocycles. The van der Waals surface area contributed by atoms with Gasteiger partial charge in [0.2, 0.25) is 0 Å². The van der Waals surface area contributed by atoms with Gasteiger partial charge in [-0.05, 0) is 60.5 Å². The van der Waals surface area contributed by atoms with Crippen LogP contribution in [0.15, 0.2) is 71.3 Å². The molecule has 0 aliphatic carbocycles.